The number of hydrogen-bond donors (Lipinski definition) is 1. The number of pyridine rings is 1. The molecule has 1 N–H and O–H groups in total. The molecule has 1 unspecified atom stereocenters. The zero-order valence-corrected chi connectivity index (χ0v) is 25.3. The quantitative estimate of drug-likeness (QED) is 0.426. The van der Waals surface area contributed by atoms with Crippen LogP contribution in [0.15, 0.2) is 79.1 Å². The number of benzene rings is 2. The largest absolute Gasteiger partial charge is 0.445 e. The molecule has 0 bridgehead atoms. The maximum atomic E-state index is 14.6. The summed E-state index contributed by atoms with van der Waals surface area (Å²) in [5.41, 5.74) is 1.92. The van der Waals surface area contributed by atoms with Gasteiger partial charge in [-0.1, -0.05) is 69.3 Å². The van der Waals surface area contributed by atoms with Crippen molar-refractivity contribution < 1.29 is 24.2 Å². The number of carbonyl (C=O) groups is 3. The molecule has 3 aromatic rings. The highest BCUT2D eigenvalue weighted by atomic mass is 16.6. The normalized spacial score (nSPS) is 18.5. The van der Waals surface area contributed by atoms with Crippen LogP contribution in [0.4, 0.5) is 10.5 Å². The minimum Gasteiger partial charge on any atom is -0.445 e. The van der Waals surface area contributed by atoms with Gasteiger partial charge in [-0.15, -0.1) is 0 Å². The summed E-state index contributed by atoms with van der Waals surface area (Å²) in [4.78, 5) is 50.8. The van der Waals surface area contributed by atoms with E-state index >= 15 is 0 Å². The first-order valence-electron chi connectivity index (χ1n) is 14.8. The average molecular weight is 585 g/mol. The third kappa shape index (κ3) is 6.72. The van der Waals surface area contributed by atoms with Crippen LogP contribution >= 0.6 is 0 Å². The van der Waals surface area contributed by atoms with Gasteiger partial charge in [0.15, 0.2) is 0 Å². The van der Waals surface area contributed by atoms with Gasteiger partial charge in [-0.25, -0.2) is 4.79 Å². The van der Waals surface area contributed by atoms with Gasteiger partial charge in [0, 0.05) is 30.2 Å². The molecular formula is C34H40N4O5. The number of β-amino-alcohol motifs (C(OH)–C–C–N with tert-alkyl or cyclic N) is 1. The van der Waals surface area contributed by atoms with Crippen LogP contribution in [0.25, 0.3) is 0 Å². The summed E-state index contributed by atoms with van der Waals surface area (Å²) >= 11 is 0. The molecule has 2 aliphatic heterocycles. The van der Waals surface area contributed by atoms with Crippen molar-refractivity contribution in [2.75, 3.05) is 24.5 Å². The molecule has 0 aliphatic carbocycles. The highest BCUT2D eigenvalue weighted by Gasteiger charge is 2.47. The Morgan fingerprint density at radius 1 is 1.05 bits per heavy atom. The fourth-order valence-corrected chi connectivity index (χ4v) is 5.77. The molecule has 2 aliphatic rings. The van der Waals surface area contributed by atoms with Gasteiger partial charge < -0.3 is 14.7 Å². The molecule has 9 heteroatoms. The molecule has 9 nitrogen and oxygen atoms in total. The molecule has 5 rings (SSSR count). The number of nitrogens with zero attached hydrogens (tertiary/aromatic N) is 4. The number of aromatic nitrogens is 1. The van der Waals surface area contributed by atoms with Gasteiger partial charge in [-0.2, -0.15) is 0 Å². The Hall–Kier alpha value is -4.24. The molecule has 2 atom stereocenters. The Morgan fingerprint density at radius 3 is 2.35 bits per heavy atom. The van der Waals surface area contributed by atoms with Gasteiger partial charge in [0.25, 0.3) is 11.8 Å². The molecular weight excluding hydrogens is 544 g/mol. The van der Waals surface area contributed by atoms with E-state index in [9.17, 15) is 19.5 Å². The molecule has 2 saturated heterocycles. The van der Waals surface area contributed by atoms with Crippen LogP contribution in [-0.4, -0.2) is 69.1 Å². The van der Waals surface area contributed by atoms with Crippen molar-refractivity contribution >= 4 is 23.6 Å². The number of aliphatic hydroxyl groups is 1. The lowest BCUT2D eigenvalue weighted by Gasteiger charge is -2.47. The van der Waals surface area contributed by atoms with Crippen LogP contribution in [0.2, 0.25) is 0 Å². The van der Waals surface area contributed by atoms with Crippen molar-refractivity contribution in [2.45, 2.75) is 70.2 Å². The lowest BCUT2D eigenvalue weighted by Crippen LogP contribution is -2.64. The van der Waals surface area contributed by atoms with Crippen LogP contribution in [0.5, 0.6) is 0 Å². The Balaban J connectivity index is 1.50. The van der Waals surface area contributed by atoms with Gasteiger partial charge in [0.1, 0.15) is 18.7 Å². The second kappa shape index (κ2) is 12.2. The van der Waals surface area contributed by atoms with E-state index < -0.39 is 23.8 Å². The number of rotatable bonds is 7. The number of hydrogen-bond acceptors (Lipinski definition) is 6. The summed E-state index contributed by atoms with van der Waals surface area (Å²) in [6.45, 7) is 8.81. The van der Waals surface area contributed by atoms with E-state index in [0.29, 0.717) is 30.6 Å². The van der Waals surface area contributed by atoms with Gasteiger partial charge in [0.05, 0.1) is 18.7 Å². The van der Waals surface area contributed by atoms with Crippen molar-refractivity contribution in [1.82, 2.24) is 14.8 Å². The maximum Gasteiger partial charge on any atom is 0.410 e. The van der Waals surface area contributed by atoms with Crippen LogP contribution < -0.4 is 4.90 Å². The molecule has 0 spiro atoms. The van der Waals surface area contributed by atoms with Gasteiger partial charge in [-0.3, -0.25) is 24.4 Å². The summed E-state index contributed by atoms with van der Waals surface area (Å²) < 4.78 is 5.61. The van der Waals surface area contributed by atoms with E-state index in [-0.39, 0.29) is 36.9 Å². The standard InChI is InChI=1S/C34H40N4O5/c1-33(2,3)26-14-16-27(17-15-26)38(29(25-12-8-18-35-20-25)31(40)36-22-34(4,42)23-36)30(39)28-13-9-19-37(28)32(41)43-21-24-10-6-5-7-11-24/h5-8,10-12,14-18,20,28-29,42H,9,13,19,21-23H2,1-4H3/t28-,29?/m1/s1. The highest BCUT2D eigenvalue weighted by Crippen LogP contribution is 2.36. The summed E-state index contributed by atoms with van der Waals surface area (Å²) in [7, 11) is 0. The van der Waals surface area contributed by atoms with Crippen molar-refractivity contribution in [3.63, 3.8) is 0 Å². The van der Waals surface area contributed by atoms with Crippen molar-refractivity contribution in [2.24, 2.45) is 0 Å². The van der Waals surface area contributed by atoms with Gasteiger partial charge in [0.2, 0.25) is 0 Å². The molecule has 2 aromatic carbocycles. The van der Waals surface area contributed by atoms with E-state index in [1.807, 2.05) is 54.6 Å². The molecule has 0 saturated carbocycles. The van der Waals surface area contributed by atoms with E-state index in [4.69, 9.17) is 4.74 Å². The summed E-state index contributed by atoms with van der Waals surface area (Å²) in [5.74, 6) is -0.684. The highest BCUT2D eigenvalue weighted by molar-refractivity contribution is 6.05. The first-order chi connectivity index (χ1) is 20.4. The van der Waals surface area contributed by atoms with Crippen molar-refractivity contribution in [1.29, 1.82) is 0 Å². The fourth-order valence-electron chi connectivity index (χ4n) is 5.77. The second-order valence-corrected chi connectivity index (χ2v) is 12.8. The smallest absolute Gasteiger partial charge is 0.410 e. The number of ether oxygens (including phenoxy) is 1. The van der Waals surface area contributed by atoms with E-state index in [1.54, 1.807) is 36.4 Å². The Kier molecular flexibility index (Phi) is 8.55. The molecule has 43 heavy (non-hydrogen) atoms. The monoisotopic (exact) mass is 584 g/mol. The average Bonchev–Trinajstić information content (AvgIpc) is 3.48. The Morgan fingerprint density at radius 2 is 1.74 bits per heavy atom. The molecule has 3 amide bonds. The molecule has 1 aromatic heterocycles. The van der Waals surface area contributed by atoms with Crippen LogP contribution in [0, 0.1) is 0 Å². The molecule has 2 fully saturated rings. The molecule has 226 valence electrons. The second-order valence-electron chi connectivity index (χ2n) is 12.8. The third-order valence-corrected chi connectivity index (χ3v) is 8.09. The third-order valence-electron chi connectivity index (χ3n) is 8.09. The van der Waals surface area contributed by atoms with Crippen LogP contribution in [0.3, 0.4) is 0 Å². The zero-order chi connectivity index (χ0) is 30.8. The Labute approximate surface area is 253 Å². The Bertz CT molecular complexity index is 1430. The first kappa shape index (κ1) is 30.2. The van der Waals surface area contributed by atoms with E-state index in [2.05, 4.69) is 25.8 Å². The van der Waals surface area contributed by atoms with Crippen molar-refractivity contribution in [3.8, 4) is 0 Å². The van der Waals surface area contributed by atoms with Crippen molar-refractivity contribution in [3.05, 3.63) is 95.8 Å². The van der Waals surface area contributed by atoms with E-state index in [0.717, 1.165) is 11.1 Å². The lowest BCUT2D eigenvalue weighted by molar-refractivity contribution is -0.154. The maximum absolute atomic E-state index is 14.6. The molecule has 0 radical (unpaired) electrons. The summed E-state index contributed by atoms with van der Waals surface area (Å²) in [6.07, 6.45) is 3.72. The minimum absolute atomic E-state index is 0.0980. The summed E-state index contributed by atoms with van der Waals surface area (Å²) in [5, 5.41) is 10.4. The fraction of sp³-hybridized carbons (Fsp3) is 0.412. The number of anilines is 1. The predicted molar refractivity (Wildman–Crippen MR) is 163 cm³/mol. The number of carbonyl (C=O) groups excluding carboxylic acids is 3. The van der Waals surface area contributed by atoms with Gasteiger partial charge >= 0.3 is 6.09 Å². The number of amides is 3. The van der Waals surface area contributed by atoms with Crippen LogP contribution in [-0.2, 0) is 26.3 Å². The zero-order valence-electron chi connectivity index (χ0n) is 25.3. The lowest BCUT2D eigenvalue weighted by atomic mass is 9.87. The predicted octanol–water partition coefficient (Wildman–Crippen LogP) is 4.85. The SMILES string of the molecule is CC1(O)CN(C(=O)C(c2cccnc2)N(C(=O)[C@H]2CCCN2C(=O)OCc2ccccc2)c2ccc(C(C)(C)C)cc2)C1. The topological polar surface area (TPSA) is 103 Å². The molecule has 3 heterocycles. The van der Waals surface area contributed by atoms with E-state index in [1.165, 1.54) is 9.80 Å². The summed E-state index contributed by atoms with van der Waals surface area (Å²) in [6, 6.07) is 18.7. The minimum atomic E-state index is -1.04. The van der Waals surface area contributed by atoms with Gasteiger partial charge in [-0.05, 0) is 54.5 Å². The first-order valence-corrected chi connectivity index (χ1v) is 14.8. The van der Waals surface area contributed by atoms with Crippen LogP contribution in [0.1, 0.15) is 63.3 Å². The number of likely N-dealkylation sites (tertiary alicyclic amines) is 2.